The van der Waals surface area contributed by atoms with E-state index in [4.69, 9.17) is 0 Å². The van der Waals surface area contributed by atoms with Crippen molar-refractivity contribution in [1.29, 1.82) is 0 Å². The third kappa shape index (κ3) is 1.76. The Hall–Kier alpha value is -0.0400. The van der Waals surface area contributed by atoms with Gasteiger partial charge in [-0.25, -0.2) is 0 Å². The van der Waals surface area contributed by atoms with Crippen molar-refractivity contribution in [2.45, 2.75) is 39.5 Å². The molecular weight excluding hydrogens is 134 g/mol. The molecule has 0 aliphatic heterocycles. The number of rotatable bonds is 5. The average molecular weight is 155 g/mol. The number of nitrogens with one attached hydrogen (secondary N) is 1. The third-order valence-electron chi connectivity index (χ3n) is 3.38. The maximum Gasteiger partial charge on any atom is 0.000725 e. The second-order valence-corrected chi connectivity index (χ2v) is 3.87. The Morgan fingerprint density at radius 3 is 2.09 bits per heavy atom. The zero-order valence-electron chi connectivity index (χ0n) is 8.11. The highest BCUT2D eigenvalue weighted by Crippen LogP contribution is 2.49. The zero-order valence-corrected chi connectivity index (χ0v) is 8.11. The van der Waals surface area contributed by atoms with Gasteiger partial charge in [-0.2, -0.15) is 0 Å². The summed E-state index contributed by atoms with van der Waals surface area (Å²) >= 11 is 0. The van der Waals surface area contributed by atoms with E-state index >= 15 is 0 Å². The molecule has 1 fully saturated rings. The molecular formula is C10H21N. The van der Waals surface area contributed by atoms with Gasteiger partial charge in [0.15, 0.2) is 0 Å². The van der Waals surface area contributed by atoms with Gasteiger partial charge in [0.25, 0.3) is 0 Å². The smallest absolute Gasteiger partial charge is 0.000725 e. The molecule has 1 aliphatic rings. The van der Waals surface area contributed by atoms with Gasteiger partial charge in [-0.05, 0) is 44.1 Å². The number of hydrogen-bond donors (Lipinski definition) is 1. The summed E-state index contributed by atoms with van der Waals surface area (Å²) < 4.78 is 0. The average Bonchev–Trinajstić information content (AvgIpc) is 2.83. The van der Waals surface area contributed by atoms with Crippen LogP contribution in [0.15, 0.2) is 0 Å². The van der Waals surface area contributed by atoms with Gasteiger partial charge in [0, 0.05) is 6.54 Å². The van der Waals surface area contributed by atoms with Crippen molar-refractivity contribution in [3.63, 3.8) is 0 Å². The van der Waals surface area contributed by atoms with Crippen LogP contribution in [0.4, 0.5) is 0 Å². The van der Waals surface area contributed by atoms with Gasteiger partial charge >= 0.3 is 0 Å². The van der Waals surface area contributed by atoms with Crippen LogP contribution in [0.5, 0.6) is 0 Å². The quantitative estimate of drug-likeness (QED) is 0.643. The van der Waals surface area contributed by atoms with E-state index in [0.29, 0.717) is 5.41 Å². The van der Waals surface area contributed by atoms with Gasteiger partial charge < -0.3 is 5.32 Å². The van der Waals surface area contributed by atoms with Crippen LogP contribution in [-0.4, -0.2) is 13.6 Å². The normalized spacial score (nSPS) is 18.8. The van der Waals surface area contributed by atoms with E-state index in [1.165, 1.54) is 32.2 Å². The summed E-state index contributed by atoms with van der Waals surface area (Å²) in [6.07, 6.45) is 5.64. The molecule has 1 nitrogen and oxygen atoms in total. The van der Waals surface area contributed by atoms with Crippen molar-refractivity contribution in [2.75, 3.05) is 13.6 Å². The van der Waals surface area contributed by atoms with Gasteiger partial charge in [0.05, 0.1) is 0 Å². The van der Waals surface area contributed by atoms with Crippen LogP contribution in [0, 0.1) is 11.3 Å². The molecule has 1 saturated carbocycles. The summed E-state index contributed by atoms with van der Waals surface area (Å²) in [5, 5.41) is 3.33. The molecule has 0 bridgehead atoms. The molecule has 0 spiro atoms. The molecule has 0 amide bonds. The molecule has 11 heavy (non-hydrogen) atoms. The van der Waals surface area contributed by atoms with Crippen molar-refractivity contribution in [2.24, 2.45) is 11.3 Å². The molecule has 0 aromatic rings. The summed E-state index contributed by atoms with van der Waals surface area (Å²) in [6.45, 7) is 5.88. The Morgan fingerprint density at radius 1 is 1.27 bits per heavy atom. The zero-order chi connectivity index (χ0) is 8.32. The van der Waals surface area contributed by atoms with Crippen LogP contribution < -0.4 is 5.32 Å². The van der Waals surface area contributed by atoms with Crippen LogP contribution >= 0.6 is 0 Å². The molecule has 1 rings (SSSR count). The van der Waals surface area contributed by atoms with Crippen LogP contribution in [-0.2, 0) is 0 Å². The highest BCUT2D eigenvalue weighted by atomic mass is 14.8. The molecule has 1 aliphatic carbocycles. The molecule has 66 valence electrons. The molecule has 0 aromatic heterocycles. The fourth-order valence-corrected chi connectivity index (χ4v) is 2.27. The Morgan fingerprint density at radius 2 is 1.82 bits per heavy atom. The second-order valence-electron chi connectivity index (χ2n) is 3.87. The van der Waals surface area contributed by atoms with E-state index < -0.39 is 0 Å². The SMILES string of the molecule is CCC(CC)(CNC)C1CC1. The Kier molecular flexibility index (Phi) is 2.94. The van der Waals surface area contributed by atoms with E-state index in [1.807, 2.05) is 0 Å². The molecule has 0 aromatic carbocycles. The first-order chi connectivity index (χ1) is 5.29. The summed E-state index contributed by atoms with van der Waals surface area (Å²) in [6, 6.07) is 0. The van der Waals surface area contributed by atoms with E-state index in [9.17, 15) is 0 Å². The standard InChI is InChI=1S/C10H21N/c1-4-10(5-2,8-11-3)9-6-7-9/h9,11H,4-8H2,1-3H3. The first-order valence-electron chi connectivity index (χ1n) is 4.93. The number of hydrogen-bond acceptors (Lipinski definition) is 1. The van der Waals surface area contributed by atoms with Crippen molar-refractivity contribution in [3.8, 4) is 0 Å². The lowest BCUT2D eigenvalue weighted by atomic mass is 9.77. The summed E-state index contributed by atoms with van der Waals surface area (Å²) in [5.74, 6) is 1.03. The van der Waals surface area contributed by atoms with Crippen LogP contribution in [0.25, 0.3) is 0 Å². The van der Waals surface area contributed by atoms with Crippen LogP contribution in [0.3, 0.4) is 0 Å². The van der Waals surface area contributed by atoms with E-state index in [-0.39, 0.29) is 0 Å². The van der Waals surface area contributed by atoms with Gasteiger partial charge in [-0.1, -0.05) is 13.8 Å². The van der Waals surface area contributed by atoms with Gasteiger partial charge in [-0.3, -0.25) is 0 Å². The minimum atomic E-state index is 0.634. The molecule has 0 heterocycles. The van der Waals surface area contributed by atoms with E-state index in [2.05, 4.69) is 26.2 Å². The fourth-order valence-electron chi connectivity index (χ4n) is 2.27. The van der Waals surface area contributed by atoms with E-state index in [0.717, 1.165) is 5.92 Å². The molecule has 1 heteroatoms. The maximum atomic E-state index is 3.33. The Balaban J connectivity index is 2.50. The predicted molar refractivity (Wildman–Crippen MR) is 49.7 cm³/mol. The lowest BCUT2D eigenvalue weighted by Crippen LogP contribution is -2.33. The monoisotopic (exact) mass is 155 g/mol. The molecule has 0 radical (unpaired) electrons. The maximum absolute atomic E-state index is 3.33. The highest BCUT2D eigenvalue weighted by Gasteiger charge is 2.41. The largest absolute Gasteiger partial charge is 0.319 e. The lowest BCUT2D eigenvalue weighted by Gasteiger charge is -2.31. The van der Waals surface area contributed by atoms with Crippen molar-refractivity contribution < 1.29 is 0 Å². The van der Waals surface area contributed by atoms with Crippen LogP contribution in [0.2, 0.25) is 0 Å². The van der Waals surface area contributed by atoms with E-state index in [1.54, 1.807) is 0 Å². The lowest BCUT2D eigenvalue weighted by molar-refractivity contribution is 0.212. The summed E-state index contributed by atoms with van der Waals surface area (Å²) in [4.78, 5) is 0. The van der Waals surface area contributed by atoms with Gasteiger partial charge in [0.1, 0.15) is 0 Å². The molecule has 1 N–H and O–H groups in total. The second kappa shape index (κ2) is 3.57. The molecule has 0 unspecified atom stereocenters. The first-order valence-corrected chi connectivity index (χ1v) is 4.93. The Labute approximate surface area is 70.6 Å². The fraction of sp³-hybridized carbons (Fsp3) is 1.00. The molecule has 0 saturated heterocycles. The predicted octanol–water partition coefficient (Wildman–Crippen LogP) is 2.42. The van der Waals surface area contributed by atoms with Gasteiger partial charge in [0.2, 0.25) is 0 Å². The highest BCUT2D eigenvalue weighted by molar-refractivity contribution is 4.93. The van der Waals surface area contributed by atoms with Crippen molar-refractivity contribution in [3.05, 3.63) is 0 Å². The minimum absolute atomic E-state index is 0.634. The first kappa shape index (κ1) is 9.05. The van der Waals surface area contributed by atoms with Crippen molar-refractivity contribution in [1.82, 2.24) is 5.32 Å². The Bertz CT molecular complexity index is 112. The van der Waals surface area contributed by atoms with Crippen LogP contribution in [0.1, 0.15) is 39.5 Å². The minimum Gasteiger partial charge on any atom is -0.319 e. The molecule has 0 atom stereocenters. The summed E-state index contributed by atoms with van der Waals surface area (Å²) in [5.41, 5.74) is 0.634. The van der Waals surface area contributed by atoms with Gasteiger partial charge in [-0.15, -0.1) is 0 Å². The third-order valence-corrected chi connectivity index (χ3v) is 3.38. The van der Waals surface area contributed by atoms with Crippen molar-refractivity contribution >= 4 is 0 Å². The summed E-state index contributed by atoms with van der Waals surface area (Å²) in [7, 11) is 2.07. The topological polar surface area (TPSA) is 12.0 Å².